The Bertz CT molecular complexity index is 990. The fourth-order valence-electron chi connectivity index (χ4n) is 3.27. The molecule has 150 valence electrons. The van der Waals surface area contributed by atoms with Gasteiger partial charge in [0.05, 0.1) is 10.5 Å². The summed E-state index contributed by atoms with van der Waals surface area (Å²) in [5.74, 6) is -0.556. The van der Waals surface area contributed by atoms with Gasteiger partial charge in [-0.1, -0.05) is 30.3 Å². The van der Waals surface area contributed by atoms with Crippen LogP contribution in [0.4, 0.5) is 18.9 Å². The smallest absolute Gasteiger partial charge is 0.324 e. The van der Waals surface area contributed by atoms with Gasteiger partial charge in [0, 0.05) is 12.2 Å². The normalized spacial score (nSPS) is 18.2. The largest absolute Gasteiger partial charge is 0.417 e. The second kappa shape index (κ2) is 7.56. The third kappa shape index (κ3) is 3.90. The van der Waals surface area contributed by atoms with E-state index in [0.717, 1.165) is 28.1 Å². The number of benzene rings is 2. The molecular weight excluding hydrogens is 393 g/mol. The first kappa shape index (κ1) is 20.3. The average Bonchev–Trinajstić information content (AvgIpc) is 3.14. The predicted molar refractivity (Wildman–Crippen MR) is 98.2 cm³/mol. The van der Waals surface area contributed by atoms with Crippen molar-refractivity contribution in [3.05, 3.63) is 59.7 Å². The van der Waals surface area contributed by atoms with Gasteiger partial charge in [-0.2, -0.15) is 17.5 Å². The third-order valence-electron chi connectivity index (χ3n) is 4.69. The van der Waals surface area contributed by atoms with Crippen LogP contribution in [0.25, 0.3) is 0 Å². The van der Waals surface area contributed by atoms with E-state index in [0.29, 0.717) is 12.1 Å². The van der Waals surface area contributed by atoms with E-state index in [2.05, 4.69) is 5.32 Å². The third-order valence-corrected chi connectivity index (χ3v) is 6.65. The number of sulfonamides is 1. The summed E-state index contributed by atoms with van der Waals surface area (Å²) in [5.41, 5.74) is 0.0954. The number of nitrogens with one attached hydrogen (secondary N) is 1. The van der Waals surface area contributed by atoms with Crippen molar-refractivity contribution in [1.29, 1.82) is 0 Å². The fraction of sp³-hybridized carbons (Fsp3) is 0.316. The monoisotopic (exact) mass is 412 g/mol. The molecule has 3 rings (SSSR count). The Morgan fingerprint density at radius 1 is 1.11 bits per heavy atom. The Labute approximate surface area is 161 Å². The molecule has 2 aromatic rings. The van der Waals surface area contributed by atoms with Crippen LogP contribution < -0.4 is 5.32 Å². The maximum Gasteiger partial charge on any atom is 0.417 e. The van der Waals surface area contributed by atoms with Gasteiger partial charge in [-0.05, 0) is 43.5 Å². The van der Waals surface area contributed by atoms with E-state index < -0.39 is 38.6 Å². The van der Waals surface area contributed by atoms with Crippen molar-refractivity contribution >= 4 is 21.6 Å². The van der Waals surface area contributed by atoms with Gasteiger partial charge in [-0.25, -0.2) is 8.42 Å². The Morgan fingerprint density at radius 3 is 2.43 bits per heavy atom. The highest BCUT2D eigenvalue weighted by atomic mass is 32.2. The lowest BCUT2D eigenvalue weighted by Crippen LogP contribution is -2.43. The molecule has 0 bridgehead atoms. The first-order valence-corrected chi connectivity index (χ1v) is 10.1. The summed E-state index contributed by atoms with van der Waals surface area (Å²) in [6.45, 7) is 1.78. The minimum atomic E-state index is -4.82. The Balaban J connectivity index is 1.92. The zero-order valence-corrected chi connectivity index (χ0v) is 15.8. The summed E-state index contributed by atoms with van der Waals surface area (Å²) in [6.07, 6.45) is -4.19. The van der Waals surface area contributed by atoms with Crippen LogP contribution in [-0.2, 0) is 21.0 Å². The molecule has 1 fully saturated rings. The van der Waals surface area contributed by atoms with Crippen LogP contribution in [0.5, 0.6) is 0 Å². The van der Waals surface area contributed by atoms with E-state index in [1.807, 2.05) is 0 Å². The molecule has 28 heavy (non-hydrogen) atoms. The number of para-hydroxylation sites is 1. The molecular formula is C19H19F3N2O3S. The van der Waals surface area contributed by atoms with Crippen LogP contribution in [0, 0.1) is 6.92 Å². The number of aryl methyl sites for hydroxylation is 1. The van der Waals surface area contributed by atoms with E-state index in [1.165, 1.54) is 6.07 Å². The number of hydrogen-bond acceptors (Lipinski definition) is 3. The summed E-state index contributed by atoms with van der Waals surface area (Å²) in [4.78, 5) is 11.9. The van der Waals surface area contributed by atoms with Crippen LogP contribution >= 0.6 is 0 Å². The number of rotatable bonds is 4. The average molecular weight is 412 g/mol. The molecule has 2 aromatic carbocycles. The molecule has 1 N–H and O–H groups in total. The molecule has 0 radical (unpaired) electrons. The molecule has 1 amide bonds. The van der Waals surface area contributed by atoms with Gasteiger partial charge < -0.3 is 5.32 Å². The lowest BCUT2D eigenvalue weighted by atomic mass is 10.1. The maximum atomic E-state index is 13.3. The number of amides is 1. The maximum absolute atomic E-state index is 13.3. The fourth-order valence-corrected chi connectivity index (χ4v) is 5.14. The molecule has 0 aliphatic carbocycles. The number of anilines is 1. The highest BCUT2D eigenvalue weighted by Crippen LogP contribution is 2.37. The van der Waals surface area contributed by atoms with Gasteiger partial charge in [-0.3, -0.25) is 4.79 Å². The molecule has 9 heteroatoms. The van der Waals surface area contributed by atoms with Crippen LogP contribution in [0.2, 0.25) is 0 Å². The van der Waals surface area contributed by atoms with Crippen molar-refractivity contribution in [3.63, 3.8) is 0 Å². The number of carbonyl (C=O) groups is 1. The summed E-state index contributed by atoms with van der Waals surface area (Å²) in [5, 5.41) is 2.68. The van der Waals surface area contributed by atoms with Crippen LogP contribution in [0.3, 0.4) is 0 Å². The quantitative estimate of drug-likeness (QED) is 0.831. The van der Waals surface area contributed by atoms with Gasteiger partial charge in [0.1, 0.15) is 6.04 Å². The van der Waals surface area contributed by atoms with Gasteiger partial charge in [-0.15, -0.1) is 0 Å². The molecule has 5 nitrogen and oxygen atoms in total. The molecule has 0 unspecified atom stereocenters. The zero-order chi connectivity index (χ0) is 20.5. The van der Waals surface area contributed by atoms with E-state index >= 15 is 0 Å². The molecule has 1 aliphatic rings. The Morgan fingerprint density at radius 2 is 1.75 bits per heavy atom. The molecule has 0 aromatic heterocycles. The minimum absolute atomic E-state index is 0.0135. The SMILES string of the molecule is Cc1ccccc1NC(=O)[C@@H]1CCCN1S(=O)(=O)c1ccccc1C(F)(F)F. The van der Waals surface area contributed by atoms with Crippen LogP contribution in [0.15, 0.2) is 53.4 Å². The number of carbonyl (C=O) groups excluding carboxylic acids is 1. The van der Waals surface area contributed by atoms with Gasteiger partial charge in [0.2, 0.25) is 15.9 Å². The summed E-state index contributed by atoms with van der Waals surface area (Å²) in [6, 6.07) is 9.95. The predicted octanol–water partition coefficient (Wildman–Crippen LogP) is 3.81. The van der Waals surface area contributed by atoms with Gasteiger partial charge in [0.15, 0.2) is 0 Å². The second-order valence-corrected chi connectivity index (χ2v) is 8.43. The topological polar surface area (TPSA) is 66.5 Å². The van der Waals surface area contributed by atoms with Crippen LogP contribution in [0.1, 0.15) is 24.0 Å². The van der Waals surface area contributed by atoms with Gasteiger partial charge >= 0.3 is 6.18 Å². The molecule has 0 saturated carbocycles. The molecule has 0 spiro atoms. The van der Waals surface area contributed by atoms with Crippen molar-refractivity contribution in [2.45, 2.75) is 36.9 Å². The van der Waals surface area contributed by atoms with Crippen molar-refractivity contribution < 1.29 is 26.4 Å². The van der Waals surface area contributed by atoms with Crippen molar-refractivity contribution in [2.75, 3.05) is 11.9 Å². The van der Waals surface area contributed by atoms with Crippen LogP contribution in [-0.4, -0.2) is 31.2 Å². The zero-order valence-electron chi connectivity index (χ0n) is 15.0. The molecule has 1 aliphatic heterocycles. The lowest BCUT2D eigenvalue weighted by molar-refractivity contribution is -0.139. The van der Waals surface area contributed by atoms with E-state index in [-0.39, 0.29) is 13.0 Å². The Hall–Kier alpha value is -2.39. The molecule has 1 saturated heterocycles. The first-order chi connectivity index (χ1) is 13.1. The number of halogens is 3. The Kier molecular flexibility index (Phi) is 5.49. The van der Waals surface area contributed by atoms with Crippen molar-refractivity contribution in [3.8, 4) is 0 Å². The standard InChI is InChI=1S/C19H19F3N2O3S/c1-13-7-2-4-9-15(13)23-18(25)16-10-6-12-24(16)28(26,27)17-11-5-3-8-14(17)19(20,21)22/h2-5,7-9,11,16H,6,10,12H2,1H3,(H,23,25)/t16-/m0/s1. The van der Waals surface area contributed by atoms with Crippen molar-refractivity contribution in [1.82, 2.24) is 4.31 Å². The number of hydrogen-bond donors (Lipinski definition) is 1. The molecule has 1 heterocycles. The van der Waals surface area contributed by atoms with E-state index in [4.69, 9.17) is 0 Å². The highest BCUT2D eigenvalue weighted by Gasteiger charge is 2.44. The number of nitrogens with zero attached hydrogens (tertiary/aromatic N) is 1. The van der Waals surface area contributed by atoms with Gasteiger partial charge in [0.25, 0.3) is 0 Å². The highest BCUT2D eigenvalue weighted by molar-refractivity contribution is 7.89. The first-order valence-electron chi connectivity index (χ1n) is 8.67. The van der Waals surface area contributed by atoms with E-state index in [9.17, 15) is 26.4 Å². The number of alkyl halides is 3. The van der Waals surface area contributed by atoms with Crippen molar-refractivity contribution in [2.24, 2.45) is 0 Å². The molecule has 1 atom stereocenters. The lowest BCUT2D eigenvalue weighted by Gasteiger charge is -2.25. The minimum Gasteiger partial charge on any atom is -0.324 e. The van der Waals surface area contributed by atoms with E-state index in [1.54, 1.807) is 31.2 Å². The summed E-state index contributed by atoms with van der Waals surface area (Å²) in [7, 11) is -4.50. The summed E-state index contributed by atoms with van der Waals surface area (Å²) < 4.78 is 66.7. The second-order valence-electron chi connectivity index (χ2n) is 6.57. The summed E-state index contributed by atoms with van der Waals surface area (Å²) >= 11 is 0.